The lowest BCUT2D eigenvalue weighted by Gasteiger charge is -2.28. The van der Waals surface area contributed by atoms with Crippen LogP contribution in [0.4, 0.5) is 0 Å². The molecule has 1 fully saturated rings. The minimum absolute atomic E-state index is 0.0517. The second-order valence-electron chi connectivity index (χ2n) is 6.74. The zero-order valence-corrected chi connectivity index (χ0v) is 18.0. The van der Waals surface area contributed by atoms with E-state index in [2.05, 4.69) is 11.3 Å². The minimum atomic E-state index is -0.706. The molecule has 1 saturated carbocycles. The van der Waals surface area contributed by atoms with Crippen molar-refractivity contribution in [1.29, 1.82) is 0 Å². The normalized spacial score (nSPS) is 20.1. The van der Waals surface area contributed by atoms with E-state index in [0.717, 1.165) is 44.6 Å². The van der Waals surface area contributed by atoms with E-state index in [4.69, 9.17) is 9.84 Å². The summed E-state index contributed by atoms with van der Waals surface area (Å²) in [5.74, 6) is -1.47. The van der Waals surface area contributed by atoms with Gasteiger partial charge in [0, 0.05) is 6.08 Å². The van der Waals surface area contributed by atoms with Gasteiger partial charge in [-0.3, -0.25) is 9.59 Å². The first-order chi connectivity index (χ1) is 13.1. The number of aliphatic hydroxyl groups is 1. The Bertz CT molecular complexity index is 462. The molecule has 0 saturated heterocycles. The Morgan fingerprint density at radius 2 is 1.61 bits per heavy atom. The van der Waals surface area contributed by atoms with Crippen molar-refractivity contribution in [2.75, 3.05) is 6.61 Å². The molecule has 1 rings (SSSR count). The predicted octanol–water partition coefficient (Wildman–Crippen LogP) is 3.73. The fraction of sp³-hybridized carbons (Fsp3) is 0.762. The van der Waals surface area contributed by atoms with E-state index in [1.807, 2.05) is 20.8 Å². The van der Waals surface area contributed by atoms with Crippen LogP contribution in [0.25, 0.3) is 0 Å². The van der Waals surface area contributed by atoms with Crippen LogP contribution in [-0.4, -0.2) is 46.9 Å². The second-order valence-corrected chi connectivity index (χ2v) is 6.74. The second kappa shape index (κ2) is 17.2. The van der Waals surface area contributed by atoms with E-state index in [9.17, 15) is 19.5 Å². The van der Waals surface area contributed by atoms with E-state index < -0.39 is 12.1 Å². The van der Waals surface area contributed by atoms with Gasteiger partial charge in [0.05, 0.1) is 24.5 Å². The Morgan fingerprint density at radius 3 is 1.93 bits per heavy atom. The molecule has 2 N–H and O–H groups in total. The van der Waals surface area contributed by atoms with Crippen molar-refractivity contribution in [1.82, 2.24) is 0 Å². The maximum absolute atomic E-state index is 11.5. The largest absolute Gasteiger partial charge is 0.481 e. The lowest BCUT2D eigenvalue weighted by atomic mass is 9.94. The van der Waals surface area contributed by atoms with Gasteiger partial charge in [-0.25, -0.2) is 4.79 Å². The summed E-state index contributed by atoms with van der Waals surface area (Å²) in [6, 6.07) is 0. The van der Waals surface area contributed by atoms with Gasteiger partial charge in [-0.2, -0.15) is 0 Å². The fourth-order valence-corrected chi connectivity index (χ4v) is 2.02. The van der Waals surface area contributed by atoms with Gasteiger partial charge in [0.15, 0.2) is 0 Å². The van der Waals surface area contributed by atoms with Crippen LogP contribution in [0.1, 0.15) is 73.1 Å². The summed E-state index contributed by atoms with van der Waals surface area (Å²) in [4.78, 5) is 31.5. The SMILES string of the molecule is C=CC(=O)OCC.CCC(C)C(=O)O.CCC(C)C(=O)OC1CCCCC1O. The zero-order valence-electron chi connectivity index (χ0n) is 18.0. The average molecular weight is 403 g/mol. The van der Waals surface area contributed by atoms with Crippen molar-refractivity contribution in [2.24, 2.45) is 11.8 Å². The maximum Gasteiger partial charge on any atom is 0.330 e. The number of carboxylic acid groups (broad SMARTS) is 1. The molecular weight excluding hydrogens is 364 g/mol. The predicted molar refractivity (Wildman–Crippen MR) is 108 cm³/mol. The van der Waals surface area contributed by atoms with Gasteiger partial charge in [-0.1, -0.05) is 40.7 Å². The summed E-state index contributed by atoms with van der Waals surface area (Å²) in [7, 11) is 0. The Balaban J connectivity index is 0. The van der Waals surface area contributed by atoms with Crippen LogP contribution >= 0.6 is 0 Å². The molecule has 1 aliphatic carbocycles. The van der Waals surface area contributed by atoms with Crippen LogP contribution in [0.5, 0.6) is 0 Å². The third kappa shape index (κ3) is 14.2. The van der Waals surface area contributed by atoms with Crippen molar-refractivity contribution in [3.63, 3.8) is 0 Å². The van der Waals surface area contributed by atoms with Crippen LogP contribution in [-0.2, 0) is 23.9 Å². The van der Waals surface area contributed by atoms with E-state index in [0.29, 0.717) is 6.61 Å². The van der Waals surface area contributed by atoms with Gasteiger partial charge in [-0.15, -0.1) is 0 Å². The molecular formula is C21H38O7. The molecule has 7 nitrogen and oxygen atoms in total. The molecule has 0 aliphatic heterocycles. The fourth-order valence-electron chi connectivity index (χ4n) is 2.02. The molecule has 1 aliphatic rings. The summed E-state index contributed by atoms with van der Waals surface area (Å²) < 4.78 is 9.70. The first-order valence-electron chi connectivity index (χ1n) is 10.0. The highest BCUT2D eigenvalue weighted by molar-refractivity contribution is 5.81. The van der Waals surface area contributed by atoms with Crippen molar-refractivity contribution in [2.45, 2.75) is 85.4 Å². The van der Waals surface area contributed by atoms with Crippen LogP contribution in [0.3, 0.4) is 0 Å². The Kier molecular flexibility index (Phi) is 17.4. The van der Waals surface area contributed by atoms with Crippen LogP contribution < -0.4 is 0 Å². The molecule has 164 valence electrons. The molecule has 4 atom stereocenters. The number of aliphatic hydroxyl groups excluding tert-OH is 1. The third-order valence-electron chi connectivity index (χ3n) is 4.44. The lowest BCUT2D eigenvalue weighted by molar-refractivity contribution is -0.162. The summed E-state index contributed by atoms with van der Waals surface area (Å²) in [5.41, 5.74) is 0. The maximum atomic E-state index is 11.5. The van der Waals surface area contributed by atoms with Gasteiger partial charge in [0.1, 0.15) is 6.10 Å². The molecule has 0 aromatic carbocycles. The third-order valence-corrected chi connectivity index (χ3v) is 4.44. The molecule has 4 unspecified atom stereocenters. The number of aliphatic carboxylic acids is 1. The monoisotopic (exact) mass is 402 g/mol. The summed E-state index contributed by atoms with van der Waals surface area (Å²) in [6.45, 7) is 12.8. The molecule has 7 heteroatoms. The molecule has 0 aromatic rings. The molecule has 0 bridgehead atoms. The number of hydrogen-bond donors (Lipinski definition) is 2. The molecule has 0 spiro atoms. The molecule has 0 amide bonds. The molecule has 0 radical (unpaired) electrons. The summed E-state index contributed by atoms with van der Waals surface area (Å²) in [5, 5.41) is 17.8. The lowest BCUT2D eigenvalue weighted by Crippen LogP contribution is -2.35. The van der Waals surface area contributed by atoms with Crippen LogP contribution in [0.15, 0.2) is 12.7 Å². The Labute approximate surface area is 169 Å². The molecule has 0 aromatic heterocycles. The highest BCUT2D eigenvalue weighted by atomic mass is 16.6. The number of carbonyl (C=O) groups is 3. The summed E-state index contributed by atoms with van der Waals surface area (Å²) in [6.07, 6.45) is 5.61. The minimum Gasteiger partial charge on any atom is -0.481 e. The highest BCUT2D eigenvalue weighted by Crippen LogP contribution is 2.22. The molecule has 0 heterocycles. The van der Waals surface area contributed by atoms with Crippen LogP contribution in [0, 0.1) is 11.8 Å². The van der Waals surface area contributed by atoms with Gasteiger partial charge in [-0.05, 0) is 39.0 Å². The van der Waals surface area contributed by atoms with Crippen molar-refractivity contribution in [3.8, 4) is 0 Å². The average Bonchev–Trinajstić information content (AvgIpc) is 2.69. The Morgan fingerprint density at radius 1 is 1.07 bits per heavy atom. The standard InChI is InChI=1S/C11H20O3.C5H8O2.C5H10O2/c1-3-8(2)11(13)14-10-7-5-4-6-9(10)12;1-3-5(6)7-4-2;1-3-4(2)5(6)7/h8-10,12H,3-7H2,1-2H3;3H,1,4H2,2H3;4H,3H2,1-2H3,(H,6,7). The number of carboxylic acids is 1. The van der Waals surface area contributed by atoms with E-state index in [1.54, 1.807) is 13.8 Å². The number of ether oxygens (including phenoxy) is 2. The molecule has 28 heavy (non-hydrogen) atoms. The Hall–Kier alpha value is -1.89. The zero-order chi connectivity index (χ0) is 22.1. The highest BCUT2D eigenvalue weighted by Gasteiger charge is 2.27. The number of esters is 2. The van der Waals surface area contributed by atoms with Crippen molar-refractivity contribution >= 4 is 17.9 Å². The van der Waals surface area contributed by atoms with E-state index in [-0.39, 0.29) is 29.9 Å². The van der Waals surface area contributed by atoms with E-state index in [1.165, 1.54) is 0 Å². The van der Waals surface area contributed by atoms with Crippen molar-refractivity contribution in [3.05, 3.63) is 12.7 Å². The topological polar surface area (TPSA) is 110 Å². The van der Waals surface area contributed by atoms with Gasteiger partial charge in [0.2, 0.25) is 0 Å². The number of rotatable bonds is 7. The van der Waals surface area contributed by atoms with Crippen LogP contribution in [0.2, 0.25) is 0 Å². The number of carbonyl (C=O) groups excluding carboxylic acids is 2. The quantitative estimate of drug-likeness (QED) is 0.493. The smallest absolute Gasteiger partial charge is 0.330 e. The van der Waals surface area contributed by atoms with Gasteiger partial charge in [0.25, 0.3) is 0 Å². The first-order valence-corrected chi connectivity index (χ1v) is 10.0. The van der Waals surface area contributed by atoms with Crippen molar-refractivity contribution < 1.29 is 34.1 Å². The summed E-state index contributed by atoms with van der Waals surface area (Å²) >= 11 is 0. The first kappa shape index (κ1) is 28.3. The van der Waals surface area contributed by atoms with Gasteiger partial charge >= 0.3 is 17.9 Å². The number of hydrogen-bond acceptors (Lipinski definition) is 6. The van der Waals surface area contributed by atoms with E-state index >= 15 is 0 Å². The van der Waals surface area contributed by atoms with Gasteiger partial charge < -0.3 is 19.7 Å².